The molecule has 1 aliphatic rings. The highest BCUT2D eigenvalue weighted by molar-refractivity contribution is 5.92. The van der Waals surface area contributed by atoms with Crippen molar-refractivity contribution < 1.29 is 4.79 Å². The van der Waals surface area contributed by atoms with Gasteiger partial charge in [0.2, 0.25) is 5.91 Å². The largest absolute Gasteiger partial charge is 0.366 e. The van der Waals surface area contributed by atoms with Crippen molar-refractivity contribution in [2.45, 2.75) is 25.8 Å². The van der Waals surface area contributed by atoms with E-state index >= 15 is 0 Å². The van der Waals surface area contributed by atoms with E-state index in [0.29, 0.717) is 5.56 Å². The lowest BCUT2D eigenvalue weighted by molar-refractivity contribution is 0.1000. The average Bonchev–Trinajstić information content (AvgIpc) is 2.47. The van der Waals surface area contributed by atoms with Gasteiger partial charge in [-0.15, -0.1) is 0 Å². The van der Waals surface area contributed by atoms with Crippen LogP contribution >= 0.6 is 0 Å². The van der Waals surface area contributed by atoms with Gasteiger partial charge in [-0.2, -0.15) is 0 Å². The number of amides is 1. The first-order valence-electron chi connectivity index (χ1n) is 7.44. The number of hydrogen-bond donors (Lipinski definition) is 2. The first-order chi connectivity index (χ1) is 9.69. The number of benzene rings is 1. The highest BCUT2D eigenvalue weighted by atomic mass is 16.1. The molecule has 1 heterocycles. The quantitative estimate of drug-likeness (QED) is 0.829. The summed E-state index contributed by atoms with van der Waals surface area (Å²) in [5.74, 6) is 0.512. The van der Waals surface area contributed by atoms with Crippen LogP contribution in [-0.4, -0.2) is 37.5 Å². The number of nitrogens with zero attached hydrogens (tertiary/aromatic N) is 1. The third kappa shape index (κ3) is 4.32. The molecule has 0 unspecified atom stereocenters. The maximum absolute atomic E-state index is 11.0. The van der Waals surface area contributed by atoms with Crippen molar-refractivity contribution in [1.29, 1.82) is 0 Å². The average molecular weight is 275 g/mol. The van der Waals surface area contributed by atoms with Crippen LogP contribution in [0.15, 0.2) is 24.3 Å². The van der Waals surface area contributed by atoms with Crippen LogP contribution in [0.5, 0.6) is 0 Å². The first-order valence-corrected chi connectivity index (χ1v) is 7.44. The smallest absolute Gasteiger partial charge is 0.248 e. The van der Waals surface area contributed by atoms with Crippen molar-refractivity contribution >= 4 is 5.91 Å². The van der Waals surface area contributed by atoms with Gasteiger partial charge in [0.15, 0.2) is 0 Å². The maximum Gasteiger partial charge on any atom is 0.248 e. The van der Waals surface area contributed by atoms with E-state index in [2.05, 4.69) is 10.2 Å². The summed E-state index contributed by atoms with van der Waals surface area (Å²) in [5, 5.41) is 3.23. The molecular weight excluding hydrogens is 250 g/mol. The SMILES string of the molecule is CNCCC1CCN(Cc2ccc(C(N)=O)cc2)CC1. The Kier molecular flexibility index (Phi) is 5.56. The number of piperidine rings is 1. The summed E-state index contributed by atoms with van der Waals surface area (Å²) in [5.41, 5.74) is 7.09. The number of likely N-dealkylation sites (tertiary alicyclic amines) is 1. The zero-order valence-corrected chi connectivity index (χ0v) is 12.3. The topological polar surface area (TPSA) is 58.4 Å². The zero-order chi connectivity index (χ0) is 14.4. The fraction of sp³-hybridized carbons (Fsp3) is 0.562. The lowest BCUT2D eigenvalue weighted by atomic mass is 9.93. The summed E-state index contributed by atoms with van der Waals surface area (Å²) >= 11 is 0. The second-order valence-electron chi connectivity index (χ2n) is 5.67. The summed E-state index contributed by atoms with van der Waals surface area (Å²) < 4.78 is 0. The fourth-order valence-corrected chi connectivity index (χ4v) is 2.81. The summed E-state index contributed by atoms with van der Waals surface area (Å²) in [6.07, 6.45) is 3.87. The summed E-state index contributed by atoms with van der Waals surface area (Å²) in [4.78, 5) is 13.5. The van der Waals surface area contributed by atoms with E-state index in [-0.39, 0.29) is 5.91 Å². The van der Waals surface area contributed by atoms with Crippen LogP contribution in [0.2, 0.25) is 0 Å². The fourth-order valence-electron chi connectivity index (χ4n) is 2.81. The Bertz CT molecular complexity index is 422. The van der Waals surface area contributed by atoms with Crippen LogP contribution < -0.4 is 11.1 Å². The number of carbonyl (C=O) groups is 1. The minimum absolute atomic E-state index is 0.359. The van der Waals surface area contributed by atoms with Gasteiger partial charge in [-0.3, -0.25) is 9.69 Å². The Morgan fingerprint density at radius 2 is 1.95 bits per heavy atom. The Morgan fingerprint density at radius 1 is 1.30 bits per heavy atom. The summed E-state index contributed by atoms with van der Waals surface area (Å²) in [6, 6.07) is 7.65. The lowest BCUT2D eigenvalue weighted by Crippen LogP contribution is -2.34. The Labute approximate surface area is 121 Å². The second-order valence-corrected chi connectivity index (χ2v) is 5.67. The van der Waals surface area contributed by atoms with Gasteiger partial charge in [0.25, 0.3) is 0 Å². The number of nitrogens with one attached hydrogen (secondary N) is 1. The van der Waals surface area contributed by atoms with Crippen LogP contribution in [0.4, 0.5) is 0 Å². The van der Waals surface area contributed by atoms with Crippen LogP contribution in [-0.2, 0) is 6.54 Å². The molecule has 0 atom stereocenters. The molecule has 0 aliphatic carbocycles. The number of primary amides is 1. The maximum atomic E-state index is 11.0. The van der Waals surface area contributed by atoms with Gasteiger partial charge in [0.1, 0.15) is 0 Å². The van der Waals surface area contributed by atoms with Gasteiger partial charge >= 0.3 is 0 Å². The van der Waals surface area contributed by atoms with E-state index in [4.69, 9.17) is 5.73 Å². The zero-order valence-electron chi connectivity index (χ0n) is 12.3. The lowest BCUT2D eigenvalue weighted by Gasteiger charge is -2.32. The molecule has 0 aromatic heterocycles. The summed E-state index contributed by atoms with van der Waals surface area (Å²) in [7, 11) is 2.02. The molecule has 0 spiro atoms. The van der Waals surface area contributed by atoms with Crippen LogP contribution in [0.3, 0.4) is 0 Å². The standard InChI is InChI=1S/C16H25N3O/c1-18-9-6-13-7-10-19(11-8-13)12-14-2-4-15(5-3-14)16(17)20/h2-5,13,18H,6-12H2,1H3,(H2,17,20). The van der Waals surface area contributed by atoms with Gasteiger partial charge in [-0.1, -0.05) is 12.1 Å². The molecule has 0 bridgehead atoms. The Morgan fingerprint density at radius 3 is 2.50 bits per heavy atom. The van der Waals surface area contributed by atoms with E-state index in [1.165, 1.54) is 37.9 Å². The second kappa shape index (κ2) is 7.41. The predicted octanol–water partition coefficient (Wildman–Crippen LogP) is 1.61. The molecule has 1 saturated heterocycles. The molecule has 1 fully saturated rings. The van der Waals surface area contributed by atoms with Crippen molar-refractivity contribution in [2.24, 2.45) is 11.7 Å². The van der Waals surface area contributed by atoms with Gasteiger partial charge in [0, 0.05) is 12.1 Å². The van der Waals surface area contributed by atoms with Gasteiger partial charge in [-0.25, -0.2) is 0 Å². The van der Waals surface area contributed by atoms with E-state index in [0.717, 1.165) is 19.0 Å². The molecule has 0 saturated carbocycles. The molecule has 2 rings (SSSR count). The molecule has 110 valence electrons. The molecule has 1 amide bonds. The van der Waals surface area contributed by atoms with E-state index in [1.807, 2.05) is 31.3 Å². The number of nitrogens with two attached hydrogens (primary N) is 1. The highest BCUT2D eigenvalue weighted by Gasteiger charge is 2.18. The van der Waals surface area contributed by atoms with Crippen molar-refractivity contribution in [3.05, 3.63) is 35.4 Å². The molecule has 1 aromatic rings. The summed E-state index contributed by atoms with van der Waals surface area (Å²) in [6.45, 7) is 4.44. The first kappa shape index (κ1) is 15.0. The van der Waals surface area contributed by atoms with Crippen molar-refractivity contribution in [3.63, 3.8) is 0 Å². The third-order valence-electron chi connectivity index (χ3n) is 4.15. The van der Waals surface area contributed by atoms with Crippen LogP contribution in [0, 0.1) is 5.92 Å². The minimum atomic E-state index is -0.359. The van der Waals surface area contributed by atoms with Crippen molar-refractivity contribution in [1.82, 2.24) is 10.2 Å². The van der Waals surface area contributed by atoms with Gasteiger partial charge < -0.3 is 11.1 Å². The predicted molar refractivity (Wildman–Crippen MR) is 81.5 cm³/mol. The number of carbonyl (C=O) groups excluding carboxylic acids is 1. The number of rotatable bonds is 6. The molecular formula is C16H25N3O. The third-order valence-corrected chi connectivity index (χ3v) is 4.15. The van der Waals surface area contributed by atoms with E-state index in [9.17, 15) is 4.79 Å². The molecule has 1 aliphatic heterocycles. The normalized spacial score (nSPS) is 17.2. The van der Waals surface area contributed by atoms with Crippen molar-refractivity contribution in [3.8, 4) is 0 Å². The van der Waals surface area contributed by atoms with Crippen LogP contribution in [0.1, 0.15) is 35.2 Å². The molecule has 1 aromatic carbocycles. The Hall–Kier alpha value is -1.39. The molecule has 0 radical (unpaired) electrons. The molecule has 3 N–H and O–H groups in total. The molecule has 4 heteroatoms. The monoisotopic (exact) mass is 275 g/mol. The van der Waals surface area contributed by atoms with Gasteiger partial charge in [-0.05, 0) is 69.6 Å². The van der Waals surface area contributed by atoms with Gasteiger partial charge in [0.05, 0.1) is 0 Å². The van der Waals surface area contributed by atoms with Crippen molar-refractivity contribution in [2.75, 3.05) is 26.7 Å². The Balaban J connectivity index is 1.79. The molecule has 4 nitrogen and oxygen atoms in total. The molecule has 20 heavy (non-hydrogen) atoms. The van der Waals surface area contributed by atoms with Crippen LogP contribution in [0.25, 0.3) is 0 Å². The van der Waals surface area contributed by atoms with E-state index in [1.54, 1.807) is 0 Å². The highest BCUT2D eigenvalue weighted by Crippen LogP contribution is 2.21. The van der Waals surface area contributed by atoms with E-state index < -0.39 is 0 Å². The number of hydrogen-bond acceptors (Lipinski definition) is 3. The minimum Gasteiger partial charge on any atom is -0.366 e.